The highest BCUT2D eigenvalue weighted by Crippen LogP contribution is 2.54. The van der Waals surface area contributed by atoms with Gasteiger partial charge in [-0.1, -0.05) is 6.92 Å². The molecule has 0 aromatic heterocycles. The van der Waals surface area contributed by atoms with Crippen molar-refractivity contribution in [1.29, 1.82) is 0 Å². The minimum Gasteiger partial charge on any atom is -0.283 e. The smallest absolute Gasteiger partial charge is 0.283 e. The summed E-state index contributed by atoms with van der Waals surface area (Å²) in [7, 11) is -4.35. The second kappa shape index (κ2) is 2.81. The highest BCUT2D eigenvalue weighted by atomic mass is 31.2. The summed E-state index contributed by atoms with van der Waals surface area (Å²) in [6.45, 7) is 0.466. The molecule has 1 saturated heterocycles. The topological polar surface area (TPSA) is 35.5 Å². The molecule has 0 aromatic carbocycles. The van der Waals surface area contributed by atoms with E-state index in [9.17, 15) is 13.2 Å². The van der Waals surface area contributed by atoms with Crippen molar-refractivity contribution in [2.45, 2.75) is 6.92 Å². The largest absolute Gasteiger partial charge is 0.513 e. The third-order valence-electron chi connectivity index (χ3n) is 1.46. The van der Waals surface area contributed by atoms with Crippen LogP contribution in [0.3, 0.4) is 0 Å². The van der Waals surface area contributed by atoms with Crippen LogP contribution in [0.5, 0.6) is 0 Å². The van der Waals surface area contributed by atoms with Crippen LogP contribution >= 0.6 is 7.91 Å². The van der Waals surface area contributed by atoms with Crippen LogP contribution in [0.25, 0.3) is 0 Å². The Morgan fingerprint density at radius 1 is 1.55 bits per heavy atom. The third kappa shape index (κ3) is 2.22. The van der Waals surface area contributed by atoms with E-state index in [2.05, 4.69) is 9.05 Å². The first-order chi connectivity index (χ1) is 4.97. The molecule has 0 aromatic rings. The van der Waals surface area contributed by atoms with E-state index in [1.807, 2.05) is 0 Å². The molecule has 0 bridgehead atoms. The highest BCUT2D eigenvalue weighted by Gasteiger charge is 2.39. The lowest BCUT2D eigenvalue weighted by atomic mass is 9.95. The van der Waals surface area contributed by atoms with E-state index < -0.39 is 20.0 Å². The van der Waals surface area contributed by atoms with Gasteiger partial charge in [-0.05, 0) is 0 Å². The van der Waals surface area contributed by atoms with Crippen molar-refractivity contribution in [3.8, 4) is 0 Å². The Bertz CT molecular complexity index is 184. The standard InChI is InChI=1S/C5H9F2O3P/c1-5(2-6)3-9-11(7,8)10-4-5/h2-4H2,1H3. The number of rotatable bonds is 1. The van der Waals surface area contributed by atoms with Gasteiger partial charge in [0.05, 0.1) is 19.9 Å². The minimum absolute atomic E-state index is 0.197. The number of hydrogen-bond acceptors (Lipinski definition) is 3. The van der Waals surface area contributed by atoms with Crippen molar-refractivity contribution in [3.05, 3.63) is 0 Å². The normalized spacial score (nSPS) is 45.7. The van der Waals surface area contributed by atoms with Gasteiger partial charge >= 0.3 is 7.91 Å². The maximum absolute atomic E-state index is 12.3. The second-order valence-corrected chi connectivity index (χ2v) is 4.30. The molecule has 0 aliphatic carbocycles. The van der Waals surface area contributed by atoms with Gasteiger partial charge in [-0.3, -0.25) is 13.4 Å². The quantitative estimate of drug-likeness (QED) is 0.588. The Kier molecular flexibility index (Phi) is 2.32. The van der Waals surface area contributed by atoms with Gasteiger partial charge in [-0.2, -0.15) is 0 Å². The van der Waals surface area contributed by atoms with Crippen LogP contribution in [0.4, 0.5) is 8.59 Å². The van der Waals surface area contributed by atoms with Crippen LogP contribution in [-0.4, -0.2) is 19.9 Å². The highest BCUT2D eigenvalue weighted by molar-refractivity contribution is 7.48. The molecule has 66 valence electrons. The van der Waals surface area contributed by atoms with Gasteiger partial charge in [0.1, 0.15) is 0 Å². The maximum atomic E-state index is 12.3. The van der Waals surface area contributed by atoms with E-state index in [1.165, 1.54) is 6.92 Å². The molecule has 0 atom stereocenters. The monoisotopic (exact) mass is 186 g/mol. The van der Waals surface area contributed by atoms with Crippen molar-refractivity contribution in [2.75, 3.05) is 19.9 Å². The molecule has 3 nitrogen and oxygen atoms in total. The van der Waals surface area contributed by atoms with E-state index in [0.29, 0.717) is 0 Å². The lowest BCUT2D eigenvalue weighted by Crippen LogP contribution is -2.33. The molecule has 0 amide bonds. The molecule has 0 saturated carbocycles. The Morgan fingerprint density at radius 3 is 2.36 bits per heavy atom. The van der Waals surface area contributed by atoms with E-state index >= 15 is 0 Å². The van der Waals surface area contributed by atoms with Gasteiger partial charge in [0.25, 0.3) is 0 Å². The van der Waals surface area contributed by atoms with Gasteiger partial charge in [0.15, 0.2) is 0 Å². The van der Waals surface area contributed by atoms with E-state index in [1.54, 1.807) is 0 Å². The van der Waals surface area contributed by atoms with Gasteiger partial charge in [0.2, 0.25) is 0 Å². The number of hydrogen-bond donors (Lipinski definition) is 0. The SMILES string of the molecule is CC1(CF)COP(=O)(F)OC1. The van der Waals surface area contributed by atoms with E-state index in [0.717, 1.165) is 0 Å². The lowest BCUT2D eigenvalue weighted by Gasteiger charge is -2.30. The van der Waals surface area contributed by atoms with Gasteiger partial charge in [-0.25, -0.2) is 4.57 Å². The molecule has 0 unspecified atom stereocenters. The average molecular weight is 186 g/mol. The summed E-state index contributed by atoms with van der Waals surface area (Å²) in [5.41, 5.74) is -0.847. The summed E-state index contributed by atoms with van der Waals surface area (Å²) < 4.78 is 43.3. The van der Waals surface area contributed by atoms with Crippen molar-refractivity contribution in [3.63, 3.8) is 0 Å². The fourth-order valence-corrected chi connectivity index (χ4v) is 1.63. The van der Waals surface area contributed by atoms with Crippen molar-refractivity contribution >= 4 is 7.91 Å². The van der Waals surface area contributed by atoms with Crippen LogP contribution in [0, 0.1) is 5.41 Å². The molecule has 1 heterocycles. The molecule has 1 aliphatic heterocycles. The molecule has 0 N–H and O–H groups in total. The summed E-state index contributed by atoms with van der Waals surface area (Å²) >= 11 is 0. The molecule has 6 heteroatoms. The Morgan fingerprint density at radius 2 is 2.00 bits per heavy atom. The summed E-state index contributed by atoms with van der Waals surface area (Å²) in [5.74, 6) is 0. The average Bonchev–Trinajstić information content (AvgIpc) is 1.97. The molecular formula is C5H9F2O3P. The minimum atomic E-state index is -4.35. The predicted octanol–water partition coefficient (Wildman–Crippen LogP) is 2.09. The fourth-order valence-electron chi connectivity index (χ4n) is 0.622. The molecule has 1 rings (SSSR count). The summed E-state index contributed by atoms with van der Waals surface area (Å²) in [6, 6.07) is 0. The molecule has 1 aliphatic rings. The Hall–Kier alpha value is 0.01000. The first-order valence-electron chi connectivity index (χ1n) is 3.12. The maximum Gasteiger partial charge on any atom is 0.513 e. The van der Waals surface area contributed by atoms with E-state index in [-0.39, 0.29) is 13.2 Å². The van der Waals surface area contributed by atoms with Crippen molar-refractivity contribution in [1.82, 2.24) is 0 Å². The molecular weight excluding hydrogens is 177 g/mol. The predicted molar refractivity (Wildman–Crippen MR) is 34.7 cm³/mol. The zero-order valence-electron chi connectivity index (χ0n) is 6.05. The zero-order chi connectivity index (χ0) is 8.54. The molecule has 0 radical (unpaired) electrons. The number of alkyl halides is 1. The first-order valence-corrected chi connectivity index (χ1v) is 4.56. The van der Waals surface area contributed by atoms with Crippen LogP contribution in [0.2, 0.25) is 0 Å². The first kappa shape index (κ1) is 9.10. The van der Waals surface area contributed by atoms with Crippen LogP contribution in [0.1, 0.15) is 6.92 Å². The van der Waals surface area contributed by atoms with Crippen LogP contribution < -0.4 is 0 Å². The Labute approximate surface area is 63.3 Å². The number of halogens is 2. The van der Waals surface area contributed by atoms with Crippen LogP contribution in [-0.2, 0) is 13.6 Å². The lowest BCUT2D eigenvalue weighted by molar-refractivity contribution is 0.00116. The summed E-state index contributed by atoms with van der Waals surface area (Å²) in [5, 5.41) is 0. The molecule has 11 heavy (non-hydrogen) atoms. The summed E-state index contributed by atoms with van der Waals surface area (Å²) in [6.07, 6.45) is 0. The van der Waals surface area contributed by atoms with Gasteiger partial charge < -0.3 is 0 Å². The van der Waals surface area contributed by atoms with Gasteiger partial charge in [-0.15, -0.1) is 4.20 Å². The van der Waals surface area contributed by atoms with Gasteiger partial charge in [0, 0.05) is 5.41 Å². The fraction of sp³-hybridized carbons (Fsp3) is 1.00. The molecule has 1 fully saturated rings. The zero-order valence-corrected chi connectivity index (χ0v) is 6.94. The molecule has 0 spiro atoms. The second-order valence-electron chi connectivity index (χ2n) is 2.92. The van der Waals surface area contributed by atoms with Crippen molar-refractivity contribution in [2.24, 2.45) is 5.41 Å². The van der Waals surface area contributed by atoms with Crippen molar-refractivity contribution < 1.29 is 22.2 Å². The van der Waals surface area contributed by atoms with Crippen LogP contribution in [0.15, 0.2) is 0 Å². The third-order valence-corrected chi connectivity index (χ3v) is 2.33. The Balaban J connectivity index is 2.54. The summed E-state index contributed by atoms with van der Waals surface area (Å²) in [4.78, 5) is 0. The van der Waals surface area contributed by atoms with E-state index in [4.69, 9.17) is 0 Å².